The zero-order valence-electron chi connectivity index (χ0n) is 13.8. The number of carbonyl (C=O) groups excluding carboxylic acids is 1. The maximum atomic E-state index is 12.3. The predicted molar refractivity (Wildman–Crippen MR) is 103 cm³/mol. The molecule has 0 saturated carbocycles. The molecule has 0 radical (unpaired) electrons. The van der Waals surface area contributed by atoms with Gasteiger partial charge in [-0.05, 0) is 35.9 Å². The van der Waals surface area contributed by atoms with Crippen LogP contribution < -0.4 is 4.74 Å². The van der Waals surface area contributed by atoms with Crippen molar-refractivity contribution in [3.05, 3.63) is 63.6 Å². The van der Waals surface area contributed by atoms with Crippen molar-refractivity contribution in [1.82, 2.24) is 9.80 Å². The molecule has 0 bridgehead atoms. The number of hydrogen-bond donors (Lipinski definition) is 0. The number of amides is 1. The van der Waals surface area contributed by atoms with Gasteiger partial charge in [0.25, 0.3) is 5.91 Å². The van der Waals surface area contributed by atoms with Crippen LogP contribution in [0, 0.1) is 0 Å². The summed E-state index contributed by atoms with van der Waals surface area (Å²) in [6.45, 7) is 4.01. The minimum atomic E-state index is 0.0281. The van der Waals surface area contributed by atoms with Crippen molar-refractivity contribution in [2.24, 2.45) is 0 Å². The van der Waals surface area contributed by atoms with Gasteiger partial charge in [0.2, 0.25) is 0 Å². The van der Waals surface area contributed by atoms with Gasteiger partial charge in [0.15, 0.2) is 6.61 Å². The average molecular weight is 424 g/mol. The molecule has 0 atom stereocenters. The first-order valence-corrected chi connectivity index (χ1v) is 9.41. The molecule has 0 aliphatic carbocycles. The van der Waals surface area contributed by atoms with E-state index in [1.807, 2.05) is 53.4 Å². The molecule has 1 heterocycles. The van der Waals surface area contributed by atoms with Crippen LogP contribution in [0.1, 0.15) is 5.56 Å². The first-order chi connectivity index (χ1) is 12.1. The highest BCUT2D eigenvalue weighted by Crippen LogP contribution is 2.18. The van der Waals surface area contributed by atoms with Gasteiger partial charge in [0.05, 0.1) is 0 Å². The molecule has 6 heteroatoms. The third-order valence-electron chi connectivity index (χ3n) is 4.25. The Bertz CT molecular complexity index is 716. The first-order valence-electron chi connectivity index (χ1n) is 8.24. The Morgan fingerprint density at radius 2 is 1.72 bits per heavy atom. The third kappa shape index (κ3) is 5.21. The summed E-state index contributed by atoms with van der Waals surface area (Å²) < 4.78 is 6.56. The van der Waals surface area contributed by atoms with Gasteiger partial charge in [-0.2, -0.15) is 0 Å². The summed E-state index contributed by atoms with van der Waals surface area (Å²) in [6, 6.07) is 15.4. The topological polar surface area (TPSA) is 32.8 Å². The fraction of sp³-hybridized carbons (Fsp3) is 0.316. The fourth-order valence-electron chi connectivity index (χ4n) is 2.79. The molecule has 4 nitrogen and oxygen atoms in total. The first kappa shape index (κ1) is 18.2. The molecular formula is C19H20BrClN2O2. The second-order valence-electron chi connectivity index (χ2n) is 5.99. The molecule has 0 spiro atoms. The Morgan fingerprint density at radius 1 is 1.04 bits per heavy atom. The van der Waals surface area contributed by atoms with Gasteiger partial charge in [-0.25, -0.2) is 0 Å². The van der Waals surface area contributed by atoms with Crippen LogP contribution in [0.4, 0.5) is 0 Å². The molecule has 2 aromatic carbocycles. The number of carbonyl (C=O) groups is 1. The lowest BCUT2D eigenvalue weighted by molar-refractivity contribution is -0.135. The van der Waals surface area contributed by atoms with Crippen molar-refractivity contribution in [2.45, 2.75) is 6.54 Å². The van der Waals surface area contributed by atoms with Gasteiger partial charge in [-0.15, -0.1) is 0 Å². The molecule has 1 aliphatic rings. The van der Waals surface area contributed by atoms with Crippen LogP contribution in [-0.4, -0.2) is 48.5 Å². The summed E-state index contributed by atoms with van der Waals surface area (Å²) >= 11 is 9.60. The van der Waals surface area contributed by atoms with Crippen LogP contribution in [0.3, 0.4) is 0 Å². The molecule has 3 rings (SSSR count). The molecule has 1 amide bonds. The second kappa shape index (κ2) is 8.70. The molecule has 25 heavy (non-hydrogen) atoms. The van der Waals surface area contributed by atoms with Gasteiger partial charge in [-0.3, -0.25) is 9.69 Å². The Hall–Kier alpha value is -1.56. The van der Waals surface area contributed by atoms with E-state index >= 15 is 0 Å². The smallest absolute Gasteiger partial charge is 0.260 e. The largest absolute Gasteiger partial charge is 0.484 e. The van der Waals surface area contributed by atoms with Crippen LogP contribution in [-0.2, 0) is 11.3 Å². The molecular weight excluding hydrogens is 404 g/mol. The molecule has 1 saturated heterocycles. The van der Waals surface area contributed by atoms with E-state index in [2.05, 4.69) is 20.8 Å². The summed E-state index contributed by atoms with van der Waals surface area (Å²) in [5, 5.41) is 0.795. The van der Waals surface area contributed by atoms with Crippen molar-refractivity contribution >= 4 is 33.4 Å². The van der Waals surface area contributed by atoms with Gasteiger partial charge in [-0.1, -0.05) is 45.7 Å². The molecule has 2 aromatic rings. The van der Waals surface area contributed by atoms with Crippen LogP contribution in [0.2, 0.25) is 5.02 Å². The molecule has 1 aliphatic heterocycles. The number of halogens is 2. The lowest BCUT2D eigenvalue weighted by atomic mass is 10.2. The van der Waals surface area contributed by atoms with Crippen molar-refractivity contribution in [3.63, 3.8) is 0 Å². The Balaban J connectivity index is 1.44. The Morgan fingerprint density at radius 3 is 2.40 bits per heavy atom. The highest BCUT2D eigenvalue weighted by Gasteiger charge is 2.21. The Kier molecular flexibility index (Phi) is 6.34. The second-order valence-corrected chi connectivity index (χ2v) is 7.31. The number of piperazine rings is 1. The van der Waals surface area contributed by atoms with Crippen LogP contribution in [0.15, 0.2) is 53.0 Å². The SMILES string of the molecule is O=C(COc1ccc(Br)cc1)N1CCN(Cc2ccccc2Cl)CC1. The Labute approximate surface area is 161 Å². The van der Waals surface area contributed by atoms with Gasteiger partial charge in [0.1, 0.15) is 5.75 Å². The van der Waals surface area contributed by atoms with Crippen molar-refractivity contribution in [2.75, 3.05) is 32.8 Å². The van der Waals surface area contributed by atoms with E-state index in [4.69, 9.17) is 16.3 Å². The van der Waals surface area contributed by atoms with Gasteiger partial charge >= 0.3 is 0 Å². The van der Waals surface area contributed by atoms with Crippen LogP contribution in [0.25, 0.3) is 0 Å². The number of nitrogens with zero attached hydrogens (tertiary/aromatic N) is 2. The minimum Gasteiger partial charge on any atom is -0.484 e. The summed E-state index contributed by atoms with van der Waals surface area (Å²) in [6.07, 6.45) is 0. The van der Waals surface area contributed by atoms with Crippen molar-refractivity contribution < 1.29 is 9.53 Å². The number of benzene rings is 2. The number of rotatable bonds is 5. The van der Waals surface area contributed by atoms with Gasteiger partial charge < -0.3 is 9.64 Å². The van der Waals surface area contributed by atoms with Crippen LogP contribution in [0.5, 0.6) is 5.75 Å². The summed E-state index contributed by atoms with van der Waals surface area (Å²) in [5.41, 5.74) is 1.13. The van der Waals surface area contributed by atoms with Crippen LogP contribution >= 0.6 is 27.5 Å². The van der Waals surface area contributed by atoms with Crippen molar-refractivity contribution in [1.29, 1.82) is 0 Å². The zero-order valence-corrected chi connectivity index (χ0v) is 16.2. The lowest BCUT2D eigenvalue weighted by Gasteiger charge is -2.34. The van der Waals surface area contributed by atoms with E-state index in [0.29, 0.717) is 18.8 Å². The summed E-state index contributed by atoms with van der Waals surface area (Å²) in [4.78, 5) is 16.5. The third-order valence-corrected chi connectivity index (χ3v) is 5.15. The molecule has 132 valence electrons. The monoisotopic (exact) mass is 422 g/mol. The molecule has 1 fully saturated rings. The summed E-state index contributed by atoms with van der Waals surface area (Å²) in [5.74, 6) is 0.731. The number of hydrogen-bond acceptors (Lipinski definition) is 3. The fourth-order valence-corrected chi connectivity index (χ4v) is 3.25. The highest BCUT2D eigenvalue weighted by molar-refractivity contribution is 9.10. The quantitative estimate of drug-likeness (QED) is 0.733. The minimum absolute atomic E-state index is 0.0281. The van der Waals surface area contributed by atoms with E-state index in [-0.39, 0.29) is 12.5 Å². The maximum Gasteiger partial charge on any atom is 0.260 e. The molecule has 0 aromatic heterocycles. The average Bonchev–Trinajstić information content (AvgIpc) is 2.63. The molecule has 0 N–H and O–H groups in total. The zero-order chi connectivity index (χ0) is 17.6. The number of ether oxygens (including phenoxy) is 1. The van der Waals surface area contributed by atoms with Crippen molar-refractivity contribution in [3.8, 4) is 5.75 Å². The standard InChI is InChI=1S/C19H20BrClN2O2/c20-16-5-7-17(8-6-16)25-14-19(24)23-11-9-22(10-12-23)13-15-3-1-2-4-18(15)21/h1-8H,9-14H2. The van der Waals surface area contributed by atoms with E-state index < -0.39 is 0 Å². The molecule has 0 unspecified atom stereocenters. The lowest BCUT2D eigenvalue weighted by Crippen LogP contribution is -2.49. The van der Waals surface area contributed by atoms with E-state index in [0.717, 1.165) is 34.7 Å². The normalized spacial score (nSPS) is 15.2. The van der Waals surface area contributed by atoms with Gasteiger partial charge in [0, 0.05) is 42.2 Å². The highest BCUT2D eigenvalue weighted by atomic mass is 79.9. The van der Waals surface area contributed by atoms with E-state index in [9.17, 15) is 4.79 Å². The predicted octanol–water partition coefficient (Wildman–Crippen LogP) is 3.83. The van der Waals surface area contributed by atoms with E-state index in [1.165, 1.54) is 0 Å². The maximum absolute atomic E-state index is 12.3. The summed E-state index contributed by atoms with van der Waals surface area (Å²) in [7, 11) is 0. The van der Waals surface area contributed by atoms with E-state index in [1.54, 1.807) is 0 Å².